The molecule has 62 heavy (non-hydrogen) atoms. The van der Waals surface area contributed by atoms with Crippen LogP contribution in [0.2, 0.25) is 10.0 Å². The van der Waals surface area contributed by atoms with Gasteiger partial charge in [0.25, 0.3) is 0 Å². The van der Waals surface area contributed by atoms with Gasteiger partial charge < -0.3 is 19.3 Å². The van der Waals surface area contributed by atoms with Crippen molar-refractivity contribution in [2.24, 2.45) is 23.7 Å². The Bertz CT molecular complexity index is 2600. The van der Waals surface area contributed by atoms with Crippen LogP contribution in [-0.4, -0.2) is 75.7 Å². The predicted molar refractivity (Wildman–Crippen MR) is 225 cm³/mol. The summed E-state index contributed by atoms with van der Waals surface area (Å²) in [6.07, 6.45) is 2.84. The molecule has 2 saturated heterocycles. The summed E-state index contributed by atoms with van der Waals surface area (Å²) in [7, 11) is 5.55. The van der Waals surface area contributed by atoms with Crippen LogP contribution in [0.4, 0.5) is 22.7 Å². The lowest BCUT2D eigenvalue weighted by atomic mass is 9.67. The lowest BCUT2D eigenvalue weighted by molar-refractivity contribution is -0.140. The Labute approximate surface area is 363 Å². The first-order chi connectivity index (χ1) is 29.7. The van der Waals surface area contributed by atoms with E-state index in [-0.39, 0.29) is 11.1 Å². The zero-order chi connectivity index (χ0) is 44.2. The number of esters is 2. The van der Waals surface area contributed by atoms with Gasteiger partial charge >= 0.3 is 11.9 Å². The maximum Gasteiger partial charge on any atom is 0.334 e. The highest BCUT2D eigenvalue weighted by Crippen LogP contribution is 2.61. The predicted octanol–water partition coefficient (Wildman–Crippen LogP) is 4.95. The number of carbonyl (C=O) groups excluding carboxylic acids is 8. The molecule has 4 aromatic rings. The van der Waals surface area contributed by atoms with E-state index in [1.165, 1.54) is 36.2 Å². The normalized spacial score (nSPS) is 26.4. The van der Waals surface area contributed by atoms with E-state index in [9.17, 15) is 38.4 Å². The van der Waals surface area contributed by atoms with E-state index in [4.69, 9.17) is 32.7 Å². The Morgan fingerprint density at radius 3 is 1.23 bits per heavy atom. The molecule has 0 unspecified atom stereocenters. The molecule has 0 N–H and O–H groups in total. The van der Waals surface area contributed by atoms with Crippen LogP contribution < -0.4 is 19.6 Å². The van der Waals surface area contributed by atoms with Crippen molar-refractivity contribution in [2.75, 3.05) is 47.9 Å². The number of nitrogens with zero attached hydrogens (tertiary/aromatic N) is 4. The molecule has 0 aromatic heterocycles. The molecule has 4 heterocycles. The molecule has 2 fully saturated rings. The lowest BCUT2D eigenvalue weighted by Crippen LogP contribution is -2.49. The molecule has 16 heteroatoms. The van der Waals surface area contributed by atoms with Gasteiger partial charge in [-0.2, -0.15) is 0 Å². The largest absolute Gasteiger partial charge is 0.466 e. The smallest absolute Gasteiger partial charge is 0.334 e. The third-order valence-electron chi connectivity index (χ3n) is 12.8. The van der Waals surface area contributed by atoms with Gasteiger partial charge in [-0.15, -0.1) is 0 Å². The minimum Gasteiger partial charge on any atom is -0.466 e. The van der Waals surface area contributed by atoms with Crippen molar-refractivity contribution in [2.45, 2.75) is 10.8 Å². The first-order valence-corrected chi connectivity index (χ1v) is 20.1. The van der Waals surface area contributed by atoms with Crippen molar-refractivity contribution in [3.05, 3.63) is 142 Å². The van der Waals surface area contributed by atoms with E-state index >= 15 is 0 Å². The molecule has 4 aliphatic heterocycles. The number of halogens is 2. The van der Waals surface area contributed by atoms with Crippen molar-refractivity contribution >= 4 is 93.3 Å². The fraction of sp³-hybridized carbons (Fsp3) is 0.217. The van der Waals surface area contributed by atoms with Gasteiger partial charge in [-0.25, -0.2) is 19.4 Å². The number of hydrogen-bond donors (Lipinski definition) is 0. The Kier molecular flexibility index (Phi) is 9.37. The number of rotatable bonds is 4. The first-order valence-electron chi connectivity index (χ1n) is 19.3. The number of benzene rings is 4. The lowest BCUT2D eigenvalue weighted by Gasteiger charge is -2.31. The van der Waals surface area contributed by atoms with E-state index in [2.05, 4.69) is 0 Å². The summed E-state index contributed by atoms with van der Waals surface area (Å²) in [5.41, 5.74) is -0.617. The van der Waals surface area contributed by atoms with Crippen LogP contribution in [0.25, 0.3) is 0 Å². The van der Waals surface area contributed by atoms with Crippen LogP contribution >= 0.6 is 23.2 Å². The molecule has 6 atom stereocenters. The summed E-state index contributed by atoms with van der Waals surface area (Å²) in [5.74, 6) is -8.63. The van der Waals surface area contributed by atoms with Crippen LogP contribution in [0.3, 0.4) is 0 Å². The second-order valence-corrected chi connectivity index (χ2v) is 16.4. The van der Waals surface area contributed by atoms with Gasteiger partial charge in [0.2, 0.25) is 35.4 Å². The topological polar surface area (TPSA) is 168 Å². The zero-order valence-electron chi connectivity index (χ0n) is 33.3. The number of ether oxygens (including phenoxy) is 2. The Balaban J connectivity index is 0.000000158. The number of imide groups is 2. The molecule has 6 aliphatic rings. The van der Waals surface area contributed by atoms with Crippen molar-refractivity contribution in [3.63, 3.8) is 0 Å². The summed E-state index contributed by atoms with van der Waals surface area (Å²) < 4.78 is 9.90. The molecular weight excluding hydrogens is 839 g/mol. The maximum atomic E-state index is 13.7. The highest BCUT2D eigenvalue weighted by Gasteiger charge is 2.72. The number of fused-ring (bicyclic) bond motifs is 8. The van der Waals surface area contributed by atoms with Crippen molar-refractivity contribution in [3.8, 4) is 0 Å². The summed E-state index contributed by atoms with van der Waals surface area (Å²) in [6, 6.07) is 26.8. The molecule has 0 bridgehead atoms. The fourth-order valence-electron chi connectivity index (χ4n) is 10.3. The number of amides is 6. The Morgan fingerprint density at radius 1 is 0.532 bits per heavy atom. The van der Waals surface area contributed by atoms with E-state index in [1.54, 1.807) is 111 Å². The monoisotopic (exact) mass is 872 g/mol. The van der Waals surface area contributed by atoms with Gasteiger partial charge in [0.15, 0.2) is 0 Å². The van der Waals surface area contributed by atoms with Crippen LogP contribution in [0.5, 0.6) is 0 Å². The average Bonchev–Trinajstić information content (AvgIpc) is 4.05. The van der Waals surface area contributed by atoms with Gasteiger partial charge in [0, 0.05) is 35.5 Å². The van der Waals surface area contributed by atoms with E-state index < -0.39 is 81.9 Å². The van der Waals surface area contributed by atoms with Crippen LogP contribution in [0, 0.1) is 23.7 Å². The second kappa shape index (κ2) is 14.4. The quantitative estimate of drug-likeness (QED) is 0.202. The molecule has 312 valence electrons. The molecule has 2 spiro atoms. The summed E-state index contributed by atoms with van der Waals surface area (Å²) in [5, 5.41) is 0.705. The third-order valence-corrected chi connectivity index (χ3v) is 13.3. The molecule has 14 nitrogen and oxygen atoms in total. The number of likely N-dealkylation sites (N-methyl/N-ethyl adjacent to an activating group) is 2. The SMILES string of the molecule is COC(=O)C1=C[C@@H]2C(=O)N(c3ccccc3)C(=O)[C@@H]2[C@]12C(=O)N(C)c1ccc(Cl)cc12.COC(=O)C1=C[C@@H]2C(=O)N(c3ccccc3)C(=O)[C@@H]2[C@]12C(=O)N(C)c1ccc(Cl)cc12. The Hall–Kier alpha value is -6.90. The minimum absolute atomic E-state index is 0.00252. The highest BCUT2D eigenvalue weighted by atomic mass is 35.5. The number of methoxy groups -OCH3 is 2. The number of hydrogen-bond acceptors (Lipinski definition) is 10. The molecule has 4 aromatic carbocycles. The minimum atomic E-state index is -1.68. The summed E-state index contributed by atoms with van der Waals surface area (Å²) in [6.45, 7) is 0. The summed E-state index contributed by atoms with van der Waals surface area (Å²) >= 11 is 12.5. The van der Waals surface area contributed by atoms with Crippen molar-refractivity contribution in [1.82, 2.24) is 0 Å². The summed E-state index contributed by atoms with van der Waals surface area (Å²) in [4.78, 5) is 112. The standard InChI is InChI=1S/2C23H17ClN2O5/c2*1-25-17-9-8-12(24)10-15(17)23(22(25)30)16(21(29)31-2)11-14-18(23)20(28)26(19(14)27)13-6-4-3-5-7-13/h2*3-11,14,18H,1-2H3/t2*14-,18+,23+/m00/s1. The first kappa shape index (κ1) is 40.5. The van der Waals surface area contributed by atoms with Gasteiger partial charge in [-0.1, -0.05) is 71.8 Å². The van der Waals surface area contributed by atoms with Crippen LogP contribution in [0.15, 0.2) is 120 Å². The zero-order valence-corrected chi connectivity index (χ0v) is 34.8. The molecule has 2 aliphatic carbocycles. The average molecular weight is 874 g/mol. The van der Waals surface area contributed by atoms with Gasteiger partial charge in [-0.05, 0) is 71.8 Å². The number of para-hydroxylation sites is 2. The second-order valence-electron chi connectivity index (χ2n) is 15.5. The molecule has 10 rings (SSSR count). The van der Waals surface area contributed by atoms with Gasteiger partial charge in [0.05, 0.1) is 60.4 Å². The van der Waals surface area contributed by atoms with Crippen LogP contribution in [0.1, 0.15) is 11.1 Å². The number of carbonyl (C=O) groups is 8. The van der Waals surface area contributed by atoms with Crippen molar-refractivity contribution < 1.29 is 47.8 Å². The third kappa shape index (κ3) is 5.16. The van der Waals surface area contributed by atoms with E-state index in [0.717, 1.165) is 9.80 Å². The number of anilines is 4. The van der Waals surface area contributed by atoms with E-state index in [0.29, 0.717) is 43.9 Å². The van der Waals surface area contributed by atoms with Gasteiger partial charge in [0.1, 0.15) is 10.8 Å². The highest BCUT2D eigenvalue weighted by molar-refractivity contribution is 6.33. The van der Waals surface area contributed by atoms with Crippen molar-refractivity contribution in [1.29, 1.82) is 0 Å². The Morgan fingerprint density at radius 2 is 0.887 bits per heavy atom. The van der Waals surface area contributed by atoms with Gasteiger partial charge in [-0.3, -0.25) is 28.8 Å². The molecule has 0 saturated carbocycles. The molecule has 6 amide bonds. The molecule has 0 radical (unpaired) electrons. The fourth-order valence-corrected chi connectivity index (χ4v) is 10.6. The maximum absolute atomic E-state index is 13.7. The van der Waals surface area contributed by atoms with Crippen LogP contribution in [-0.2, 0) is 58.7 Å². The van der Waals surface area contributed by atoms with E-state index in [1.807, 2.05) is 0 Å². The molecular formula is C46H34Cl2N4O10.